The third kappa shape index (κ3) is 4.23. The highest BCUT2D eigenvalue weighted by molar-refractivity contribution is 7.15. The summed E-state index contributed by atoms with van der Waals surface area (Å²) in [6.07, 6.45) is 1.96. The third-order valence-electron chi connectivity index (χ3n) is 7.13. The quantitative estimate of drug-likeness (QED) is 0.233. The first-order valence-corrected chi connectivity index (χ1v) is 13.9. The van der Waals surface area contributed by atoms with Crippen LogP contribution in [-0.2, 0) is 4.74 Å². The highest BCUT2D eigenvalue weighted by Crippen LogP contribution is 2.36. The lowest BCUT2D eigenvalue weighted by Crippen LogP contribution is -2.22. The summed E-state index contributed by atoms with van der Waals surface area (Å²) in [4.78, 5) is 31.2. The van der Waals surface area contributed by atoms with Gasteiger partial charge in [-0.3, -0.25) is 4.79 Å². The van der Waals surface area contributed by atoms with Gasteiger partial charge in [-0.1, -0.05) is 84.1 Å². The number of para-hydroxylation sites is 2. The molecule has 0 amide bonds. The molecular formula is C34H23N3O3S. The van der Waals surface area contributed by atoms with E-state index in [9.17, 15) is 9.59 Å². The molecule has 0 radical (unpaired) electrons. The molecule has 0 N–H and O–H groups in total. The Hall–Kier alpha value is -5.27. The number of rotatable bonds is 5. The van der Waals surface area contributed by atoms with E-state index in [0.29, 0.717) is 15.1 Å². The minimum Gasteiger partial charge on any atom is -0.465 e. The molecule has 198 valence electrons. The summed E-state index contributed by atoms with van der Waals surface area (Å²) in [6.45, 7) is 0. The van der Waals surface area contributed by atoms with Gasteiger partial charge in [-0.25, -0.2) is 14.2 Å². The van der Waals surface area contributed by atoms with E-state index in [1.54, 1.807) is 16.5 Å². The topological polar surface area (TPSA) is 65.6 Å². The fourth-order valence-corrected chi connectivity index (χ4v) is 6.22. The van der Waals surface area contributed by atoms with Gasteiger partial charge in [0.05, 0.1) is 39.6 Å². The Kier molecular flexibility index (Phi) is 6.06. The number of carbonyl (C=O) groups is 1. The molecule has 6 nitrogen and oxygen atoms in total. The Morgan fingerprint density at radius 1 is 0.829 bits per heavy atom. The summed E-state index contributed by atoms with van der Waals surface area (Å²) >= 11 is 1.39. The van der Waals surface area contributed by atoms with E-state index in [2.05, 4.69) is 39.9 Å². The zero-order valence-corrected chi connectivity index (χ0v) is 22.8. The number of hydrogen-bond acceptors (Lipinski definition) is 5. The van der Waals surface area contributed by atoms with Crippen LogP contribution in [0.2, 0.25) is 0 Å². The maximum absolute atomic E-state index is 13.7. The number of benzene rings is 4. The molecule has 7 aromatic rings. The third-order valence-corrected chi connectivity index (χ3v) is 8.09. The van der Waals surface area contributed by atoms with Gasteiger partial charge < -0.3 is 9.30 Å². The first-order valence-electron chi connectivity index (χ1n) is 13.1. The average Bonchev–Trinajstić information content (AvgIpc) is 3.68. The largest absolute Gasteiger partial charge is 0.465 e. The number of aromatic nitrogens is 3. The lowest BCUT2D eigenvalue weighted by atomic mass is 10.1. The van der Waals surface area contributed by atoms with Gasteiger partial charge in [0.2, 0.25) is 0 Å². The highest BCUT2D eigenvalue weighted by Gasteiger charge is 2.20. The first kappa shape index (κ1) is 24.7. The molecule has 0 spiro atoms. The minimum atomic E-state index is -0.386. The Morgan fingerprint density at radius 2 is 1.49 bits per heavy atom. The SMILES string of the molecule is COC(=O)c1ccc(-n2c(-c3ccccc3)cc(/C=c3/sc4nc5ccccc5n4c3=O)c2-c2ccccc2)cc1. The number of carbonyl (C=O) groups excluding carboxylic acids is 1. The van der Waals surface area contributed by atoms with Crippen molar-refractivity contribution < 1.29 is 9.53 Å². The molecule has 0 aliphatic carbocycles. The molecular weight excluding hydrogens is 530 g/mol. The lowest BCUT2D eigenvalue weighted by molar-refractivity contribution is 0.0600. The van der Waals surface area contributed by atoms with E-state index in [1.807, 2.05) is 78.9 Å². The van der Waals surface area contributed by atoms with Crippen molar-refractivity contribution in [1.82, 2.24) is 14.0 Å². The minimum absolute atomic E-state index is 0.0887. The van der Waals surface area contributed by atoms with E-state index >= 15 is 0 Å². The number of fused-ring (bicyclic) bond motifs is 3. The van der Waals surface area contributed by atoms with Crippen LogP contribution >= 0.6 is 11.3 Å². The number of nitrogens with zero attached hydrogens (tertiary/aromatic N) is 3. The molecule has 0 saturated carbocycles. The van der Waals surface area contributed by atoms with E-state index in [-0.39, 0.29) is 11.5 Å². The smallest absolute Gasteiger partial charge is 0.337 e. The molecule has 0 bridgehead atoms. The van der Waals surface area contributed by atoms with Crippen LogP contribution in [0.5, 0.6) is 0 Å². The van der Waals surface area contributed by atoms with Gasteiger partial charge in [-0.2, -0.15) is 0 Å². The summed E-state index contributed by atoms with van der Waals surface area (Å²) in [5.41, 5.74) is 7.69. The van der Waals surface area contributed by atoms with E-state index in [1.165, 1.54) is 18.4 Å². The fraction of sp³-hybridized carbons (Fsp3) is 0.0294. The lowest BCUT2D eigenvalue weighted by Gasteiger charge is -2.15. The maximum atomic E-state index is 13.7. The van der Waals surface area contributed by atoms with Crippen LogP contribution in [0.25, 0.3) is 50.3 Å². The van der Waals surface area contributed by atoms with E-state index in [0.717, 1.165) is 44.8 Å². The molecule has 0 saturated heterocycles. The Morgan fingerprint density at radius 3 is 2.20 bits per heavy atom. The van der Waals surface area contributed by atoms with Crippen LogP contribution in [0.4, 0.5) is 0 Å². The number of imidazole rings is 1. The van der Waals surface area contributed by atoms with Gasteiger partial charge in [0.1, 0.15) is 0 Å². The van der Waals surface area contributed by atoms with Gasteiger partial charge in [0, 0.05) is 11.3 Å². The van der Waals surface area contributed by atoms with Crippen molar-refractivity contribution in [1.29, 1.82) is 0 Å². The van der Waals surface area contributed by atoms with Crippen LogP contribution < -0.4 is 10.1 Å². The van der Waals surface area contributed by atoms with Gasteiger partial charge in [-0.05, 0) is 59.7 Å². The molecule has 0 atom stereocenters. The number of thiazole rings is 1. The van der Waals surface area contributed by atoms with E-state index in [4.69, 9.17) is 4.74 Å². The molecule has 3 aromatic heterocycles. The second kappa shape index (κ2) is 10.0. The number of hydrogen-bond donors (Lipinski definition) is 0. The van der Waals surface area contributed by atoms with Gasteiger partial charge in [-0.15, -0.1) is 0 Å². The Labute approximate surface area is 239 Å². The van der Waals surface area contributed by atoms with Crippen LogP contribution in [0.3, 0.4) is 0 Å². The number of ether oxygens (including phenoxy) is 1. The summed E-state index contributed by atoms with van der Waals surface area (Å²) in [7, 11) is 1.38. The molecule has 0 aliphatic heterocycles. The van der Waals surface area contributed by atoms with Crippen LogP contribution in [0.15, 0.2) is 120 Å². The fourth-order valence-electron chi connectivity index (χ4n) is 5.24. The second-order valence-electron chi connectivity index (χ2n) is 9.57. The molecule has 7 rings (SSSR count). The average molecular weight is 554 g/mol. The summed E-state index contributed by atoms with van der Waals surface area (Å²) in [5.74, 6) is -0.386. The predicted molar refractivity (Wildman–Crippen MR) is 164 cm³/mol. The normalized spacial score (nSPS) is 11.9. The zero-order valence-electron chi connectivity index (χ0n) is 22.0. The van der Waals surface area contributed by atoms with Crippen molar-refractivity contribution in [3.8, 4) is 28.2 Å². The molecule has 0 fully saturated rings. The van der Waals surface area contributed by atoms with Crippen molar-refractivity contribution in [3.63, 3.8) is 0 Å². The molecule has 41 heavy (non-hydrogen) atoms. The predicted octanol–water partition coefficient (Wildman–Crippen LogP) is 6.37. The molecule has 0 aliphatic rings. The summed E-state index contributed by atoms with van der Waals surface area (Å²) in [6, 6.07) is 37.4. The van der Waals surface area contributed by atoms with Gasteiger partial charge in [0.15, 0.2) is 4.96 Å². The summed E-state index contributed by atoms with van der Waals surface area (Å²) in [5, 5.41) is 0. The van der Waals surface area contributed by atoms with Crippen molar-refractivity contribution in [2.45, 2.75) is 0 Å². The molecule has 4 aromatic carbocycles. The second-order valence-corrected chi connectivity index (χ2v) is 10.6. The number of methoxy groups -OCH3 is 1. The maximum Gasteiger partial charge on any atom is 0.337 e. The monoisotopic (exact) mass is 553 g/mol. The molecule has 7 heteroatoms. The number of esters is 1. The van der Waals surface area contributed by atoms with Crippen molar-refractivity contribution in [3.05, 3.63) is 141 Å². The molecule has 0 unspecified atom stereocenters. The van der Waals surface area contributed by atoms with E-state index < -0.39 is 0 Å². The molecule has 3 heterocycles. The Balaban J connectivity index is 1.53. The van der Waals surface area contributed by atoms with Crippen molar-refractivity contribution in [2.24, 2.45) is 0 Å². The highest BCUT2D eigenvalue weighted by atomic mass is 32.1. The van der Waals surface area contributed by atoms with Crippen molar-refractivity contribution >= 4 is 39.4 Å². The van der Waals surface area contributed by atoms with Crippen LogP contribution in [0, 0.1) is 0 Å². The van der Waals surface area contributed by atoms with Crippen molar-refractivity contribution in [2.75, 3.05) is 7.11 Å². The zero-order chi connectivity index (χ0) is 27.9. The van der Waals surface area contributed by atoms with Gasteiger partial charge >= 0.3 is 5.97 Å². The standard InChI is InChI=1S/C34H23N3O3S/c1-40-33(39)24-16-18-26(19-17-24)36-29(22-10-4-2-5-11-22)20-25(31(36)23-12-6-3-7-13-23)21-30-32(38)37-28-15-9-8-14-27(28)35-34(37)41-30/h2-21H,1H3/b30-21+. The first-order chi connectivity index (χ1) is 20.1. The van der Waals surface area contributed by atoms with Crippen LogP contribution in [0.1, 0.15) is 15.9 Å². The van der Waals surface area contributed by atoms with Crippen LogP contribution in [-0.4, -0.2) is 27.0 Å². The van der Waals surface area contributed by atoms with Gasteiger partial charge in [0.25, 0.3) is 5.56 Å². The summed E-state index contributed by atoms with van der Waals surface area (Å²) < 4.78 is 9.38. The Bertz CT molecular complexity index is 2160.